The highest BCUT2D eigenvalue weighted by atomic mass is 16.4. The Morgan fingerprint density at radius 2 is 1.48 bits per heavy atom. The van der Waals surface area contributed by atoms with E-state index in [0.29, 0.717) is 11.1 Å². The first-order valence-electron chi connectivity index (χ1n) is 6.38. The molecule has 3 N–H and O–H groups in total. The van der Waals surface area contributed by atoms with E-state index in [2.05, 4.69) is 5.32 Å². The lowest BCUT2D eigenvalue weighted by molar-refractivity contribution is -0.144. The molecule has 2 aromatic rings. The number of rotatable bonds is 5. The molecule has 0 spiro atoms. The second kappa shape index (κ2) is 6.19. The largest absolute Gasteiger partial charge is 0.481 e. The van der Waals surface area contributed by atoms with Gasteiger partial charge in [0.15, 0.2) is 5.72 Å². The molecule has 2 rings (SSSR count). The summed E-state index contributed by atoms with van der Waals surface area (Å²) in [5.41, 5.74) is -1.30. The van der Waals surface area contributed by atoms with Crippen LogP contribution in [0.1, 0.15) is 22.3 Å². The zero-order chi connectivity index (χ0) is 15.3. The van der Waals surface area contributed by atoms with Crippen LogP contribution >= 0.6 is 0 Å². The van der Waals surface area contributed by atoms with Crippen molar-refractivity contribution in [3.8, 4) is 0 Å². The zero-order valence-corrected chi connectivity index (χ0v) is 11.2. The fourth-order valence-electron chi connectivity index (χ4n) is 2.00. The van der Waals surface area contributed by atoms with Gasteiger partial charge in [0.1, 0.15) is 0 Å². The van der Waals surface area contributed by atoms with Crippen molar-refractivity contribution in [2.45, 2.75) is 12.1 Å². The quantitative estimate of drug-likeness (QED) is 0.730. The maximum atomic E-state index is 12.2. The van der Waals surface area contributed by atoms with Gasteiger partial charge in [-0.15, -0.1) is 0 Å². The van der Waals surface area contributed by atoms with Crippen molar-refractivity contribution in [2.24, 2.45) is 0 Å². The van der Waals surface area contributed by atoms with Gasteiger partial charge >= 0.3 is 5.97 Å². The minimum absolute atomic E-state index is 0.316. The number of amides is 1. The molecule has 108 valence electrons. The van der Waals surface area contributed by atoms with Crippen molar-refractivity contribution in [1.82, 2.24) is 5.32 Å². The van der Waals surface area contributed by atoms with Crippen molar-refractivity contribution >= 4 is 11.9 Å². The number of carbonyl (C=O) groups excluding carboxylic acids is 1. The summed E-state index contributed by atoms with van der Waals surface area (Å²) in [5.74, 6) is -1.75. The summed E-state index contributed by atoms with van der Waals surface area (Å²) in [6.45, 7) is 0. The minimum Gasteiger partial charge on any atom is -0.481 e. The number of carboxylic acid groups (broad SMARTS) is 1. The third kappa shape index (κ3) is 3.67. The predicted octanol–water partition coefficient (Wildman–Crippen LogP) is 1.74. The molecule has 0 radical (unpaired) electrons. The number of aliphatic hydroxyl groups is 1. The lowest BCUT2D eigenvalue weighted by atomic mass is 9.98. The summed E-state index contributed by atoms with van der Waals surface area (Å²) < 4.78 is 0. The van der Waals surface area contributed by atoms with Crippen molar-refractivity contribution in [3.05, 3.63) is 71.8 Å². The molecule has 0 heterocycles. The lowest BCUT2D eigenvalue weighted by Gasteiger charge is -2.28. The Bertz CT molecular complexity index is 627. The molecule has 2 aromatic carbocycles. The van der Waals surface area contributed by atoms with Crippen molar-refractivity contribution in [1.29, 1.82) is 0 Å². The molecule has 5 heteroatoms. The van der Waals surface area contributed by atoms with E-state index in [0.717, 1.165) is 0 Å². The van der Waals surface area contributed by atoms with Gasteiger partial charge in [0.25, 0.3) is 5.91 Å². The second-order valence-corrected chi connectivity index (χ2v) is 4.62. The minimum atomic E-state index is -1.96. The van der Waals surface area contributed by atoms with Gasteiger partial charge < -0.3 is 15.5 Å². The molecular weight excluding hydrogens is 270 g/mol. The Balaban J connectivity index is 2.29. The first-order chi connectivity index (χ1) is 10.0. The molecule has 0 unspecified atom stereocenters. The Labute approximate surface area is 121 Å². The maximum absolute atomic E-state index is 12.2. The molecule has 0 aliphatic carbocycles. The molecule has 21 heavy (non-hydrogen) atoms. The van der Waals surface area contributed by atoms with E-state index in [-0.39, 0.29) is 0 Å². The van der Waals surface area contributed by atoms with Gasteiger partial charge in [-0.3, -0.25) is 9.59 Å². The van der Waals surface area contributed by atoms with E-state index in [1.807, 2.05) is 0 Å². The number of carbonyl (C=O) groups is 2. The van der Waals surface area contributed by atoms with Crippen LogP contribution in [0.4, 0.5) is 0 Å². The number of nitrogens with one attached hydrogen (secondary N) is 1. The third-order valence-corrected chi connectivity index (χ3v) is 3.01. The summed E-state index contributed by atoms with van der Waals surface area (Å²) >= 11 is 0. The number of benzene rings is 2. The number of hydrogen-bond acceptors (Lipinski definition) is 3. The van der Waals surface area contributed by atoms with E-state index >= 15 is 0 Å². The predicted molar refractivity (Wildman–Crippen MR) is 76.5 cm³/mol. The molecule has 0 saturated heterocycles. The average Bonchev–Trinajstić information content (AvgIpc) is 2.48. The van der Waals surface area contributed by atoms with Crippen LogP contribution < -0.4 is 5.32 Å². The highest BCUT2D eigenvalue weighted by molar-refractivity contribution is 5.94. The molecule has 0 saturated carbocycles. The van der Waals surface area contributed by atoms with Crippen molar-refractivity contribution < 1.29 is 19.8 Å². The van der Waals surface area contributed by atoms with Crippen LogP contribution in [0.15, 0.2) is 60.7 Å². The number of hydrogen-bond donors (Lipinski definition) is 3. The van der Waals surface area contributed by atoms with Gasteiger partial charge in [-0.05, 0) is 12.1 Å². The van der Waals surface area contributed by atoms with E-state index in [1.54, 1.807) is 60.7 Å². The van der Waals surface area contributed by atoms with E-state index < -0.39 is 24.0 Å². The van der Waals surface area contributed by atoms with E-state index in [1.165, 1.54) is 0 Å². The molecule has 5 nitrogen and oxygen atoms in total. The molecule has 1 atom stereocenters. The van der Waals surface area contributed by atoms with Gasteiger partial charge in [0.05, 0.1) is 6.42 Å². The summed E-state index contributed by atoms with van der Waals surface area (Å²) in [7, 11) is 0. The summed E-state index contributed by atoms with van der Waals surface area (Å²) in [5, 5.41) is 21.9. The maximum Gasteiger partial charge on any atom is 0.308 e. The van der Waals surface area contributed by atoms with Gasteiger partial charge in [-0.1, -0.05) is 48.5 Å². The lowest BCUT2D eigenvalue weighted by Crippen LogP contribution is -2.47. The Kier molecular flexibility index (Phi) is 4.35. The zero-order valence-electron chi connectivity index (χ0n) is 11.2. The van der Waals surface area contributed by atoms with E-state index in [4.69, 9.17) is 5.11 Å². The number of aliphatic carboxylic acids is 1. The number of carboxylic acids is 1. The molecular formula is C16H15NO4. The van der Waals surface area contributed by atoms with Gasteiger partial charge in [-0.2, -0.15) is 0 Å². The van der Waals surface area contributed by atoms with Gasteiger partial charge in [0.2, 0.25) is 0 Å². The smallest absolute Gasteiger partial charge is 0.308 e. The highest BCUT2D eigenvalue weighted by Crippen LogP contribution is 2.22. The third-order valence-electron chi connectivity index (χ3n) is 3.01. The normalized spacial score (nSPS) is 13.2. The molecule has 0 aliphatic rings. The Morgan fingerprint density at radius 1 is 0.952 bits per heavy atom. The molecule has 0 bridgehead atoms. The SMILES string of the molecule is O=C(O)C[C@@](O)(NC(=O)c1ccccc1)c1ccccc1. The second-order valence-electron chi connectivity index (χ2n) is 4.62. The van der Waals surface area contributed by atoms with E-state index in [9.17, 15) is 14.7 Å². The first-order valence-corrected chi connectivity index (χ1v) is 6.38. The van der Waals surface area contributed by atoms with Crippen LogP contribution in [0.5, 0.6) is 0 Å². The van der Waals surface area contributed by atoms with Gasteiger partial charge in [0, 0.05) is 11.1 Å². The van der Waals surface area contributed by atoms with Crippen molar-refractivity contribution in [2.75, 3.05) is 0 Å². The summed E-state index contributed by atoms with van der Waals surface area (Å²) in [6.07, 6.45) is -0.629. The summed E-state index contributed by atoms with van der Waals surface area (Å²) in [6, 6.07) is 16.5. The van der Waals surface area contributed by atoms with Crippen molar-refractivity contribution in [3.63, 3.8) is 0 Å². The van der Waals surface area contributed by atoms with Crippen LogP contribution in [-0.4, -0.2) is 22.1 Å². The Hall–Kier alpha value is -2.66. The van der Waals surface area contributed by atoms with Crippen LogP contribution in [0.3, 0.4) is 0 Å². The van der Waals surface area contributed by atoms with Crippen LogP contribution in [-0.2, 0) is 10.5 Å². The monoisotopic (exact) mass is 285 g/mol. The molecule has 0 aliphatic heterocycles. The average molecular weight is 285 g/mol. The fraction of sp³-hybridized carbons (Fsp3) is 0.125. The molecule has 0 aromatic heterocycles. The molecule has 1 amide bonds. The topological polar surface area (TPSA) is 86.6 Å². The standard InChI is InChI=1S/C16H15NO4/c18-14(19)11-16(21,13-9-5-2-6-10-13)17-15(20)12-7-3-1-4-8-12/h1-10,21H,11H2,(H,17,20)(H,18,19)/t16-/m0/s1. The highest BCUT2D eigenvalue weighted by Gasteiger charge is 2.34. The molecule has 0 fully saturated rings. The Morgan fingerprint density at radius 3 is 2.00 bits per heavy atom. The van der Waals surface area contributed by atoms with Crippen LogP contribution in [0.2, 0.25) is 0 Å². The summed E-state index contributed by atoms with van der Waals surface area (Å²) in [4.78, 5) is 23.1. The van der Waals surface area contributed by atoms with Crippen LogP contribution in [0, 0.1) is 0 Å². The first kappa shape index (κ1) is 14.7. The van der Waals surface area contributed by atoms with Crippen LogP contribution in [0.25, 0.3) is 0 Å². The fourth-order valence-corrected chi connectivity index (χ4v) is 2.00. The van der Waals surface area contributed by atoms with Gasteiger partial charge in [-0.25, -0.2) is 0 Å².